The monoisotopic (exact) mass is 164 g/mol. The van der Waals surface area contributed by atoms with Gasteiger partial charge in [-0.1, -0.05) is 45.0 Å². The fourth-order valence-corrected chi connectivity index (χ4v) is 1.78. The molecule has 0 unspecified atom stereocenters. The molecule has 1 rings (SSSR count). The molecular formula is C12H20. The normalized spacial score (nSPS) is 21.7. The summed E-state index contributed by atoms with van der Waals surface area (Å²) in [6, 6.07) is 0. The van der Waals surface area contributed by atoms with E-state index in [-0.39, 0.29) is 0 Å². The smallest absolute Gasteiger partial charge is 0.0286 e. The zero-order valence-corrected chi connectivity index (χ0v) is 8.61. The SMILES string of the molecule is CC(C)C#CC1(C)CCCCC1. The highest BCUT2D eigenvalue weighted by Gasteiger charge is 2.23. The Hall–Kier alpha value is -0.440. The zero-order chi connectivity index (χ0) is 9.03. The van der Waals surface area contributed by atoms with Crippen LogP contribution in [0.2, 0.25) is 0 Å². The van der Waals surface area contributed by atoms with Crippen molar-refractivity contribution >= 4 is 0 Å². The molecule has 0 aromatic rings. The quantitative estimate of drug-likeness (QED) is 0.480. The topological polar surface area (TPSA) is 0 Å². The predicted molar refractivity (Wildman–Crippen MR) is 53.8 cm³/mol. The van der Waals surface area contributed by atoms with Gasteiger partial charge in [0, 0.05) is 11.3 Å². The molecule has 0 atom stereocenters. The lowest BCUT2D eigenvalue weighted by Gasteiger charge is -2.28. The van der Waals surface area contributed by atoms with Crippen LogP contribution < -0.4 is 0 Å². The van der Waals surface area contributed by atoms with Crippen LogP contribution in [0.5, 0.6) is 0 Å². The van der Waals surface area contributed by atoms with E-state index in [0.29, 0.717) is 11.3 Å². The van der Waals surface area contributed by atoms with Crippen molar-refractivity contribution in [2.75, 3.05) is 0 Å². The minimum Gasteiger partial charge on any atom is -0.0999 e. The maximum absolute atomic E-state index is 3.45. The Labute approximate surface area is 76.7 Å². The van der Waals surface area contributed by atoms with E-state index >= 15 is 0 Å². The summed E-state index contributed by atoms with van der Waals surface area (Å²) in [5.41, 5.74) is 0.350. The number of hydrogen-bond donors (Lipinski definition) is 0. The van der Waals surface area contributed by atoms with Gasteiger partial charge in [-0.25, -0.2) is 0 Å². The van der Waals surface area contributed by atoms with Gasteiger partial charge in [-0.3, -0.25) is 0 Å². The minimum absolute atomic E-state index is 0.350. The molecule has 1 aliphatic carbocycles. The van der Waals surface area contributed by atoms with Crippen LogP contribution in [0.25, 0.3) is 0 Å². The third-order valence-electron chi connectivity index (χ3n) is 2.62. The fraction of sp³-hybridized carbons (Fsp3) is 0.833. The van der Waals surface area contributed by atoms with Gasteiger partial charge >= 0.3 is 0 Å². The Morgan fingerprint density at radius 2 is 1.67 bits per heavy atom. The van der Waals surface area contributed by atoms with Gasteiger partial charge in [-0.15, -0.1) is 0 Å². The van der Waals surface area contributed by atoms with E-state index in [2.05, 4.69) is 32.6 Å². The van der Waals surface area contributed by atoms with Crippen LogP contribution in [0.15, 0.2) is 0 Å². The molecule has 0 aromatic carbocycles. The molecule has 0 heterocycles. The van der Waals surface area contributed by atoms with Crippen LogP contribution in [-0.4, -0.2) is 0 Å². The van der Waals surface area contributed by atoms with Crippen LogP contribution in [-0.2, 0) is 0 Å². The molecule has 0 radical (unpaired) electrons. The summed E-state index contributed by atoms with van der Waals surface area (Å²) in [5.74, 6) is 7.28. The van der Waals surface area contributed by atoms with Gasteiger partial charge in [0.15, 0.2) is 0 Å². The second-order valence-electron chi connectivity index (χ2n) is 4.55. The first-order chi connectivity index (χ1) is 5.62. The second kappa shape index (κ2) is 3.99. The first kappa shape index (κ1) is 9.65. The molecule has 12 heavy (non-hydrogen) atoms. The van der Waals surface area contributed by atoms with E-state index in [4.69, 9.17) is 0 Å². The summed E-state index contributed by atoms with van der Waals surface area (Å²) in [5, 5.41) is 0. The molecule has 0 spiro atoms. The summed E-state index contributed by atoms with van der Waals surface area (Å²) in [6.07, 6.45) is 6.80. The molecule has 0 aliphatic heterocycles. The molecule has 1 saturated carbocycles. The predicted octanol–water partition coefficient (Wildman–Crippen LogP) is 3.62. The second-order valence-corrected chi connectivity index (χ2v) is 4.55. The Bertz CT molecular complexity index is 184. The van der Waals surface area contributed by atoms with Gasteiger partial charge in [-0.05, 0) is 19.8 Å². The third-order valence-corrected chi connectivity index (χ3v) is 2.62. The van der Waals surface area contributed by atoms with Crippen molar-refractivity contribution in [1.29, 1.82) is 0 Å². The van der Waals surface area contributed by atoms with Crippen molar-refractivity contribution in [1.82, 2.24) is 0 Å². The summed E-state index contributed by atoms with van der Waals surface area (Å²) >= 11 is 0. The number of hydrogen-bond acceptors (Lipinski definition) is 0. The molecular weight excluding hydrogens is 144 g/mol. The van der Waals surface area contributed by atoms with Crippen LogP contribution in [0.4, 0.5) is 0 Å². The Kier molecular flexibility index (Phi) is 3.20. The largest absolute Gasteiger partial charge is 0.0999 e. The van der Waals surface area contributed by atoms with Gasteiger partial charge < -0.3 is 0 Å². The van der Waals surface area contributed by atoms with Crippen LogP contribution in [0, 0.1) is 23.2 Å². The third kappa shape index (κ3) is 2.89. The molecule has 1 aliphatic rings. The van der Waals surface area contributed by atoms with E-state index < -0.39 is 0 Å². The maximum Gasteiger partial charge on any atom is 0.0286 e. The molecule has 68 valence electrons. The van der Waals surface area contributed by atoms with Crippen molar-refractivity contribution in [2.24, 2.45) is 11.3 Å². The molecule has 0 bridgehead atoms. The molecule has 0 nitrogen and oxygen atoms in total. The maximum atomic E-state index is 3.45. The van der Waals surface area contributed by atoms with Crippen molar-refractivity contribution in [3.63, 3.8) is 0 Å². The van der Waals surface area contributed by atoms with E-state index in [1.54, 1.807) is 0 Å². The summed E-state index contributed by atoms with van der Waals surface area (Å²) in [6.45, 7) is 6.65. The summed E-state index contributed by atoms with van der Waals surface area (Å²) < 4.78 is 0. The lowest BCUT2D eigenvalue weighted by molar-refractivity contribution is 0.299. The Balaban J connectivity index is 2.53. The first-order valence-corrected chi connectivity index (χ1v) is 5.15. The van der Waals surface area contributed by atoms with Gasteiger partial charge in [0.1, 0.15) is 0 Å². The standard InChI is InChI=1S/C12H20/c1-11(2)7-10-12(3)8-5-4-6-9-12/h11H,4-6,8-9H2,1-3H3. The lowest BCUT2D eigenvalue weighted by atomic mass is 9.76. The molecule has 0 N–H and O–H groups in total. The van der Waals surface area contributed by atoms with E-state index in [1.165, 1.54) is 32.1 Å². The van der Waals surface area contributed by atoms with Crippen molar-refractivity contribution in [3.05, 3.63) is 0 Å². The molecule has 0 saturated heterocycles. The van der Waals surface area contributed by atoms with Gasteiger partial charge in [0.05, 0.1) is 0 Å². The summed E-state index contributed by atoms with van der Waals surface area (Å²) in [4.78, 5) is 0. The van der Waals surface area contributed by atoms with E-state index in [1.807, 2.05) is 0 Å². The zero-order valence-electron chi connectivity index (χ0n) is 8.61. The molecule has 0 aromatic heterocycles. The van der Waals surface area contributed by atoms with Crippen molar-refractivity contribution in [3.8, 4) is 11.8 Å². The minimum atomic E-state index is 0.350. The average Bonchev–Trinajstić information content (AvgIpc) is 2.03. The van der Waals surface area contributed by atoms with Crippen molar-refractivity contribution in [2.45, 2.75) is 52.9 Å². The molecule has 0 amide bonds. The highest BCUT2D eigenvalue weighted by Crippen LogP contribution is 2.34. The molecule has 0 heteroatoms. The van der Waals surface area contributed by atoms with Gasteiger partial charge in [-0.2, -0.15) is 0 Å². The summed E-state index contributed by atoms with van der Waals surface area (Å²) in [7, 11) is 0. The first-order valence-electron chi connectivity index (χ1n) is 5.15. The fourth-order valence-electron chi connectivity index (χ4n) is 1.78. The van der Waals surface area contributed by atoms with Crippen molar-refractivity contribution < 1.29 is 0 Å². The van der Waals surface area contributed by atoms with Gasteiger partial charge in [0.25, 0.3) is 0 Å². The van der Waals surface area contributed by atoms with Crippen LogP contribution in [0.3, 0.4) is 0 Å². The Morgan fingerprint density at radius 3 is 2.17 bits per heavy atom. The average molecular weight is 164 g/mol. The van der Waals surface area contributed by atoms with E-state index in [9.17, 15) is 0 Å². The Morgan fingerprint density at radius 1 is 1.08 bits per heavy atom. The van der Waals surface area contributed by atoms with Crippen LogP contribution in [0.1, 0.15) is 52.9 Å². The van der Waals surface area contributed by atoms with E-state index in [0.717, 1.165) is 0 Å². The molecule has 1 fully saturated rings. The highest BCUT2D eigenvalue weighted by molar-refractivity contribution is 5.12. The number of rotatable bonds is 0. The van der Waals surface area contributed by atoms with Crippen LogP contribution >= 0.6 is 0 Å². The lowest BCUT2D eigenvalue weighted by Crippen LogP contribution is -2.17. The van der Waals surface area contributed by atoms with Gasteiger partial charge in [0.2, 0.25) is 0 Å². The highest BCUT2D eigenvalue weighted by atomic mass is 14.3.